The Balaban J connectivity index is 1.60. The first kappa shape index (κ1) is 18.9. The third-order valence-corrected chi connectivity index (χ3v) is 5.77. The molecule has 142 valence electrons. The normalized spacial score (nSPS) is 22.5. The summed E-state index contributed by atoms with van der Waals surface area (Å²) in [7, 11) is 0. The van der Waals surface area contributed by atoms with E-state index in [0.29, 0.717) is 37.9 Å². The van der Waals surface area contributed by atoms with E-state index in [1.165, 1.54) is 0 Å². The Kier molecular flexibility index (Phi) is 6.30. The Morgan fingerprint density at radius 3 is 2.50 bits per heavy atom. The monoisotopic (exact) mass is 357 g/mol. The molecule has 1 aromatic rings. The topological polar surface area (TPSA) is 52.7 Å². The largest absolute Gasteiger partial charge is 0.353 e. The van der Waals surface area contributed by atoms with Gasteiger partial charge in [0.2, 0.25) is 11.8 Å². The predicted octanol–water partition coefficient (Wildman–Crippen LogP) is 2.07. The van der Waals surface area contributed by atoms with E-state index in [0.717, 1.165) is 31.5 Å². The summed E-state index contributed by atoms with van der Waals surface area (Å²) >= 11 is 0. The minimum atomic E-state index is -0.380. The molecule has 2 heterocycles. The molecule has 2 aliphatic rings. The molecule has 2 fully saturated rings. The number of rotatable bonds is 5. The van der Waals surface area contributed by atoms with Crippen LogP contribution in [-0.2, 0) is 16.0 Å². The van der Waals surface area contributed by atoms with E-state index >= 15 is 0 Å². The molecule has 1 atom stereocenters. The van der Waals surface area contributed by atoms with Gasteiger partial charge in [-0.15, -0.1) is 0 Å². The number of amides is 2. The standard InChI is InChI=1S/C21H31N3O2/c1-16(2)23-11-8-18(9-12-23)15-20(25)24-13-10-22-21(26)19(24)14-17-6-4-3-5-7-17/h3-7,16,18-19H,8-15H2,1-2H3,(H,22,26). The fraction of sp³-hybridized carbons (Fsp3) is 0.619. The summed E-state index contributed by atoms with van der Waals surface area (Å²) in [6.45, 7) is 7.78. The zero-order chi connectivity index (χ0) is 18.5. The van der Waals surface area contributed by atoms with Crippen LogP contribution in [-0.4, -0.2) is 59.9 Å². The van der Waals surface area contributed by atoms with Crippen molar-refractivity contribution in [3.05, 3.63) is 35.9 Å². The van der Waals surface area contributed by atoms with Crippen LogP contribution in [0.1, 0.15) is 38.7 Å². The zero-order valence-corrected chi connectivity index (χ0v) is 16.0. The van der Waals surface area contributed by atoms with Gasteiger partial charge in [0.1, 0.15) is 6.04 Å². The quantitative estimate of drug-likeness (QED) is 0.878. The Labute approximate surface area is 156 Å². The number of carbonyl (C=O) groups excluding carboxylic acids is 2. The summed E-state index contributed by atoms with van der Waals surface area (Å²) in [4.78, 5) is 29.7. The Bertz CT molecular complexity index is 609. The molecule has 1 unspecified atom stereocenters. The van der Waals surface area contributed by atoms with E-state index in [1.54, 1.807) is 0 Å². The maximum atomic E-state index is 13.0. The number of carbonyl (C=O) groups is 2. The summed E-state index contributed by atoms with van der Waals surface area (Å²) in [5.74, 6) is 0.562. The van der Waals surface area contributed by atoms with Gasteiger partial charge in [-0.25, -0.2) is 0 Å². The zero-order valence-electron chi connectivity index (χ0n) is 16.0. The average molecular weight is 357 g/mol. The SMILES string of the molecule is CC(C)N1CCC(CC(=O)N2CCNC(=O)C2Cc2ccccc2)CC1. The van der Waals surface area contributed by atoms with E-state index in [4.69, 9.17) is 0 Å². The maximum Gasteiger partial charge on any atom is 0.243 e. The van der Waals surface area contributed by atoms with Gasteiger partial charge in [-0.1, -0.05) is 30.3 Å². The third kappa shape index (κ3) is 4.64. The molecule has 1 aromatic carbocycles. The second-order valence-corrected chi connectivity index (χ2v) is 7.86. The van der Waals surface area contributed by atoms with Crippen molar-refractivity contribution in [3.8, 4) is 0 Å². The van der Waals surface area contributed by atoms with Crippen molar-refractivity contribution in [1.82, 2.24) is 15.1 Å². The minimum absolute atomic E-state index is 0.0249. The number of likely N-dealkylation sites (tertiary alicyclic amines) is 1. The first-order valence-corrected chi connectivity index (χ1v) is 9.89. The first-order valence-electron chi connectivity index (χ1n) is 9.89. The van der Waals surface area contributed by atoms with Crippen LogP contribution >= 0.6 is 0 Å². The number of benzene rings is 1. The number of piperidine rings is 1. The Morgan fingerprint density at radius 1 is 1.15 bits per heavy atom. The molecule has 26 heavy (non-hydrogen) atoms. The van der Waals surface area contributed by atoms with Gasteiger partial charge in [0.25, 0.3) is 0 Å². The van der Waals surface area contributed by atoms with Gasteiger partial charge in [0.15, 0.2) is 0 Å². The molecule has 5 nitrogen and oxygen atoms in total. The van der Waals surface area contributed by atoms with Crippen LogP contribution in [0.3, 0.4) is 0 Å². The smallest absolute Gasteiger partial charge is 0.243 e. The Morgan fingerprint density at radius 2 is 1.85 bits per heavy atom. The van der Waals surface area contributed by atoms with Crippen molar-refractivity contribution in [2.45, 2.75) is 51.6 Å². The first-order chi connectivity index (χ1) is 12.5. The molecule has 3 rings (SSSR count). The highest BCUT2D eigenvalue weighted by Crippen LogP contribution is 2.24. The van der Waals surface area contributed by atoms with Gasteiger partial charge in [0, 0.05) is 32.0 Å². The van der Waals surface area contributed by atoms with Crippen LogP contribution in [0.15, 0.2) is 30.3 Å². The van der Waals surface area contributed by atoms with Crippen molar-refractivity contribution < 1.29 is 9.59 Å². The molecule has 2 amide bonds. The van der Waals surface area contributed by atoms with E-state index < -0.39 is 0 Å². The summed E-state index contributed by atoms with van der Waals surface area (Å²) in [5.41, 5.74) is 1.09. The summed E-state index contributed by atoms with van der Waals surface area (Å²) in [6, 6.07) is 10.2. The van der Waals surface area contributed by atoms with E-state index in [-0.39, 0.29) is 17.9 Å². The van der Waals surface area contributed by atoms with Gasteiger partial charge >= 0.3 is 0 Å². The molecule has 0 radical (unpaired) electrons. The highest BCUT2D eigenvalue weighted by molar-refractivity contribution is 5.89. The molecule has 0 aromatic heterocycles. The second kappa shape index (κ2) is 8.67. The van der Waals surface area contributed by atoms with Gasteiger partial charge in [0.05, 0.1) is 0 Å². The van der Waals surface area contributed by atoms with E-state index in [9.17, 15) is 9.59 Å². The molecular formula is C21H31N3O2. The molecule has 2 aliphatic heterocycles. The van der Waals surface area contributed by atoms with Gasteiger partial charge in [-0.3, -0.25) is 9.59 Å². The number of nitrogens with one attached hydrogen (secondary N) is 1. The van der Waals surface area contributed by atoms with Crippen LogP contribution in [0.2, 0.25) is 0 Å². The van der Waals surface area contributed by atoms with Crippen molar-refractivity contribution in [3.63, 3.8) is 0 Å². The summed E-state index contributed by atoms with van der Waals surface area (Å²) < 4.78 is 0. The van der Waals surface area contributed by atoms with E-state index in [1.807, 2.05) is 35.2 Å². The molecule has 0 spiro atoms. The minimum Gasteiger partial charge on any atom is -0.353 e. The lowest BCUT2D eigenvalue weighted by Gasteiger charge is -2.38. The van der Waals surface area contributed by atoms with Crippen LogP contribution in [0.5, 0.6) is 0 Å². The predicted molar refractivity (Wildman–Crippen MR) is 103 cm³/mol. The molecule has 0 saturated carbocycles. The molecule has 1 N–H and O–H groups in total. The maximum absolute atomic E-state index is 13.0. The lowest BCUT2D eigenvalue weighted by Crippen LogP contribution is -2.58. The lowest BCUT2D eigenvalue weighted by atomic mass is 9.91. The summed E-state index contributed by atoms with van der Waals surface area (Å²) in [6.07, 6.45) is 3.31. The van der Waals surface area contributed by atoms with Crippen molar-refractivity contribution in [2.24, 2.45) is 5.92 Å². The highest BCUT2D eigenvalue weighted by Gasteiger charge is 2.34. The van der Waals surface area contributed by atoms with Crippen molar-refractivity contribution >= 4 is 11.8 Å². The molecule has 5 heteroatoms. The van der Waals surface area contributed by atoms with Crippen molar-refractivity contribution in [2.75, 3.05) is 26.2 Å². The van der Waals surface area contributed by atoms with Crippen LogP contribution in [0.4, 0.5) is 0 Å². The fourth-order valence-corrected chi connectivity index (χ4v) is 4.09. The molecule has 0 aliphatic carbocycles. The lowest BCUT2D eigenvalue weighted by molar-refractivity contribution is -0.144. The van der Waals surface area contributed by atoms with Crippen LogP contribution in [0, 0.1) is 5.92 Å². The van der Waals surface area contributed by atoms with E-state index in [2.05, 4.69) is 24.1 Å². The number of piperazine rings is 1. The number of hydrogen-bond acceptors (Lipinski definition) is 3. The third-order valence-electron chi connectivity index (χ3n) is 5.77. The summed E-state index contributed by atoms with van der Waals surface area (Å²) in [5, 5.41) is 2.92. The number of hydrogen-bond donors (Lipinski definition) is 1. The van der Waals surface area contributed by atoms with Gasteiger partial charge in [-0.05, 0) is 51.3 Å². The average Bonchev–Trinajstić information content (AvgIpc) is 2.64. The van der Waals surface area contributed by atoms with Gasteiger partial charge < -0.3 is 15.1 Å². The highest BCUT2D eigenvalue weighted by atomic mass is 16.2. The number of nitrogens with zero attached hydrogens (tertiary/aromatic N) is 2. The Hall–Kier alpha value is -1.88. The second-order valence-electron chi connectivity index (χ2n) is 7.86. The van der Waals surface area contributed by atoms with Crippen molar-refractivity contribution in [1.29, 1.82) is 0 Å². The van der Waals surface area contributed by atoms with Gasteiger partial charge in [-0.2, -0.15) is 0 Å². The molecule has 0 bridgehead atoms. The van der Waals surface area contributed by atoms with Crippen LogP contribution in [0.25, 0.3) is 0 Å². The van der Waals surface area contributed by atoms with Crippen LogP contribution < -0.4 is 5.32 Å². The molecular weight excluding hydrogens is 326 g/mol. The fourth-order valence-electron chi connectivity index (χ4n) is 4.09. The molecule has 2 saturated heterocycles.